The number of amides is 3. The van der Waals surface area contributed by atoms with E-state index in [0.29, 0.717) is 11.3 Å². The zero-order valence-electron chi connectivity index (χ0n) is 11.6. The molecule has 3 amide bonds. The summed E-state index contributed by atoms with van der Waals surface area (Å²) >= 11 is 3.31. The van der Waals surface area contributed by atoms with Crippen LogP contribution in [-0.4, -0.2) is 31.1 Å². The molecule has 1 aromatic rings. The fraction of sp³-hybridized carbons (Fsp3) is 0.214. The molecule has 0 unspecified atom stereocenters. The van der Waals surface area contributed by atoms with Crippen molar-refractivity contribution in [3.05, 3.63) is 33.9 Å². The number of carbonyl (C=O) groups excluding carboxylic acids is 3. The van der Waals surface area contributed by atoms with Crippen LogP contribution in [-0.2, 0) is 14.3 Å². The molecule has 0 aliphatic carbocycles. The molecule has 22 heavy (non-hydrogen) atoms. The van der Waals surface area contributed by atoms with Crippen molar-refractivity contribution < 1.29 is 23.9 Å². The summed E-state index contributed by atoms with van der Waals surface area (Å²) in [6, 6.07) is 4.49. The van der Waals surface area contributed by atoms with Gasteiger partial charge in [-0.1, -0.05) is 15.9 Å². The Balaban J connectivity index is 2.21. The van der Waals surface area contributed by atoms with E-state index in [1.165, 1.54) is 6.08 Å². The molecule has 1 aromatic carbocycles. The second-order valence-corrected chi connectivity index (χ2v) is 5.16. The highest BCUT2D eigenvalue weighted by atomic mass is 79.9. The number of hydrogen-bond donors (Lipinski definition) is 2. The second-order valence-electron chi connectivity index (χ2n) is 4.24. The quantitative estimate of drug-likeness (QED) is 0.467. The first-order valence-corrected chi connectivity index (χ1v) is 7.21. The smallest absolute Gasteiger partial charge is 0.344 e. The molecular formula is C14H13BrN2O5. The van der Waals surface area contributed by atoms with Crippen molar-refractivity contribution in [1.82, 2.24) is 10.6 Å². The average molecular weight is 369 g/mol. The number of carbonyl (C=O) groups is 3. The van der Waals surface area contributed by atoms with Gasteiger partial charge >= 0.3 is 12.0 Å². The van der Waals surface area contributed by atoms with Crippen LogP contribution in [0.15, 0.2) is 28.4 Å². The topological polar surface area (TPSA) is 93.7 Å². The third-order valence-corrected chi connectivity index (χ3v) is 3.14. The summed E-state index contributed by atoms with van der Waals surface area (Å²) in [5, 5.41) is 4.49. The van der Waals surface area contributed by atoms with Gasteiger partial charge in [-0.25, -0.2) is 9.59 Å². The molecule has 1 fully saturated rings. The summed E-state index contributed by atoms with van der Waals surface area (Å²) in [5.74, 6) is -0.630. The molecule has 0 atom stereocenters. The van der Waals surface area contributed by atoms with Crippen molar-refractivity contribution in [3.8, 4) is 5.75 Å². The molecule has 0 radical (unpaired) electrons. The van der Waals surface area contributed by atoms with Crippen LogP contribution >= 0.6 is 15.9 Å². The lowest BCUT2D eigenvalue weighted by Gasteiger charge is -2.09. The lowest BCUT2D eigenvalue weighted by atomic mass is 10.1. The molecule has 2 N–H and O–H groups in total. The summed E-state index contributed by atoms with van der Waals surface area (Å²) in [6.45, 7) is 1.73. The second kappa shape index (κ2) is 7.08. The maximum atomic E-state index is 11.5. The zero-order valence-corrected chi connectivity index (χ0v) is 13.2. The van der Waals surface area contributed by atoms with Crippen LogP contribution < -0.4 is 15.4 Å². The Bertz CT molecular complexity index is 657. The Morgan fingerprint density at radius 3 is 2.73 bits per heavy atom. The molecule has 2 rings (SSSR count). The fourth-order valence-corrected chi connectivity index (χ4v) is 2.12. The van der Waals surface area contributed by atoms with Crippen molar-refractivity contribution in [1.29, 1.82) is 0 Å². The summed E-state index contributed by atoms with van der Waals surface area (Å²) in [5.41, 5.74) is 0.634. The minimum Gasteiger partial charge on any atom is -0.481 e. The third-order valence-electron chi connectivity index (χ3n) is 2.64. The number of rotatable bonds is 5. The molecule has 1 aliphatic rings. The number of urea groups is 1. The summed E-state index contributed by atoms with van der Waals surface area (Å²) in [7, 11) is 0. The third kappa shape index (κ3) is 4.08. The highest BCUT2D eigenvalue weighted by Gasteiger charge is 2.23. The zero-order chi connectivity index (χ0) is 16.1. The van der Waals surface area contributed by atoms with Gasteiger partial charge in [-0.2, -0.15) is 0 Å². The van der Waals surface area contributed by atoms with Crippen molar-refractivity contribution in [2.75, 3.05) is 13.2 Å². The molecule has 8 heteroatoms. The van der Waals surface area contributed by atoms with Gasteiger partial charge in [0.05, 0.1) is 6.61 Å². The predicted octanol–water partition coefficient (Wildman–Crippen LogP) is 1.57. The molecule has 0 spiro atoms. The summed E-state index contributed by atoms with van der Waals surface area (Å²) in [4.78, 5) is 34.0. The molecule has 1 saturated heterocycles. The molecule has 0 saturated carbocycles. The highest BCUT2D eigenvalue weighted by Crippen LogP contribution is 2.25. The fourth-order valence-electron chi connectivity index (χ4n) is 1.74. The van der Waals surface area contributed by atoms with Gasteiger partial charge in [-0.3, -0.25) is 10.1 Å². The van der Waals surface area contributed by atoms with E-state index < -0.39 is 17.9 Å². The van der Waals surface area contributed by atoms with Gasteiger partial charge in [0.25, 0.3) is 5.91 Å². The van der Waals surface area contributed by atoms with Gasteiger partial charge < -0.3 is 14.8 Å². The van der Waals surface area contributed by atoms with Gasteiger partial charge in [0.2, 0.25) is 0 Å². The van der Waals surface area contributed by atoms with E-state index in [1.54, 1.807) is 25.1 Å². The van der Waals surface area contributed by atoms with E-state index >= 15 is 0 Å². The average Bonchev–Trinajstić information content (AvgIpc) is 2.76. The molecular weight excluding hydrogens is 356 g/mol. The first-order chi connectivity index (χ1) is 10.5. The monoisotopic (exact) mass is 368 g/mol. The van der Waals surface area contributed by atoms with Gasteiger partial charge in [0.15, 0.2) is 6.61 Å². The lowest BCUT2D eigenvalue weighted by Crippen LogP contribution is -2.22. The minimum absolute atomic E-state index is 0.101. The van der Waals surface area contributed by atoms with Crippen LogP contribution in [0.3, 0.4) is 0 Å². The van der Waals surface area contributed by atoms with Crippen molar-refractivity contribution in [3.63, 3.8) is 0 Å². The first-order valence-electron chi connectivity index (χ1n) is 6.41. The number of ether oxygens (including phenoxy) is 2. The molecule has 0 aromatic heterocycles. The molecule has 7 nitrogen and oxygen atoms in total. The van der Waals surface area contributed by atoms with E-state index in [4.69, 9.17) is 9.47 Å². The van der Waals surface area contributed by atoms with E-state index in [-0.39, 0.29) is 18.9 Å². The van der Waals surface area contributed by atoms with Crippen molar-refractivity contribution in [2.45, 2.75) is 6.92 Å². The maximum Gasteiger partial charge on any atom is 0.344 e. The first kappa shape index (κ1) is 16.0. The Labute approximate surface area is 134 Å². The van der Waals surface area contributed by atoms with Crippen molar-refractivity contribution in [2.24, 2.45) is 0 Å². The van der Waals surface area contributed by atoms with Gasteiger partial charge in [-0.05, 0) is 31.2 Å². The lowest BCUT2D eigenvalue weighted by molar-refractivity contribution is -0.145. The number of nitrogens with one attached hydrogen (secondary N) is 2. The molecule has 1 heterocycles. The SMILES string of the molecule is CCOC(=O)COc1ccc(Br)cc1C=C1NC(=O)NC1=O. The van der Waals surface area contributed by atoms with Crippen LogP contribution in [0.1, 0.15) is 12.5 Å². The predicted molar refractivity (Wildman–Crippen MR) is 80.9 cm³/mol. The van der Waals surface area contributed by atoms with Gasteiger partial charge in [0, 0.05) is 10.0 Å². The Morgan fingerprint density at radius 1 is 1.32 bits per heavy atom. The number of imide groups is 1. The molecule has 0 bridgehead atoms. The highest BCUT2D eigenvalue weighted by molar-refractivity contribution is 9.10. The van der Waals surface area contributed by atoms with E-state index in [0.717, 1.165) is 4.47 Å². The Hall–Kier alpha value is -2.35. The van der Waals surface area contributed by atoms with Crippen LogP contribution in [0.4, 0.5) is 4.79 Å². The van der Waals surface area contributed by atoms with Gasteiger partial charge in [-0.15, -0.1) is 0 Å². The van der Waals surface area contributed by atoms with Crippen LogP contribution in [0.25, 0.3) is 6.08 Å². The van der Waals surface area contributed by atoms with Crippen LogP contribution in [0, 0.1) is 0 Å². The molecule has 116 valence electrons. The Kier molecular flexibility index (Phi) is 5.16. The van der Waals surface area contributed by atoms with Crippen LogP contribution in [0.5, 0.6) is 5.75 Å². The Morgan fingerprint density at radius 2 is 2.09 bits per heavy atom. The minimum atomic E-state index is -0.583. The van der Waals surface area contributed by atoms with Gasteiger partial charge in [0.1, 0.15) is 11.4 Å². The number of esters is 1. The largest absolute Gasteiger partial charge is 0.481 e. The van der Waals surface area contributed by atoms with Crippen LogP contribution in [0.2, 0.25) is 0 Å². The van der Waals surface area contributed by atoms with E-state index in [1.807, 2.05) is 0 Å². The van der Waals surface area contributed by atoms with E-state index in [2.05, 4.69) is 26.6 Å². The maximum absolute atomic E-state index is 11.5. The normalized spacial score (nSPS) is 15.5. The standard InChI is InChI=1S/C14H13BrN2O5/c1-2-21-12(18)7-22-11-4-3-9(15)5-8(11)6-10-13(19)17-14(20)16-10/h3-6H,2,7H2,1H3,(H2,16,17,19,20). The number of hydrogen-bond acceptors (Lipinski definition) is 5. The summed E-state index contributed by atoms with van der Waals surface area (Å²) < 4.78 is 10.9. The van der Waals surface area contributed by atoms with Crippen molar-refractivity contribution >= 4 is 39.9 Å². The number of benzene rings is 1. The summed E-state index contributed by atoms with van der Waals surface area (Å²) in [6.07, 6.45) is 1.46. The molecule has 1 aliphatic heterocycles. The van der Waals surface area contributed by atoms with E-state index in [9.17, 15) is 14.4 Å². The number of halogens is 1.